The Morgan fingerprint density at radius 3 is 2.41 bits per heavy atom. The molecule has 3 aromatic rings. The Morgan fingerprint density at radius 1 is 1.06 bits per heavy atom. The van der Waals surface area contributed by atoms with Crippen LogP contribution in [0.4, 0.5) is 4.39 Å². The molecule has 1 aromatic carbocycles. The molecule has 2 aliphatic carbocycles. The summed E-state index contributed by atoms with van der Waals surface area (Å²) in [5.41, 5.74) is 1.53. The number of hydrogen-bond donors (Lipinski definition) is 1. The minimum Gasteiger partial charge on any atom is -0.507 e. The summed E-state index contributed by atoms with van der Waals surface area (Å²) in [6, 6.07) is 9.12. The Morgan fingerprint density at radius 2 is 1.79 bits per heavy atom. The number of phenols is 1. The highest BCUT2D eigenvalue weighted by Gasteiger charge is 2.47. The fraction of sp³-hybridized carbons (Fsp3) is 0.444. The second-order valence-corrected chi connectivity index (χ2v) is 10.8. The van der Waals surface area contributed by atoms with E-state index in [-0.39, 0.29) is 28.7 Å². The number of halogens is 1. The van der Waals surface area contributed by atoms with Crippen LogP contribution in [0.3, 0.4) is 0 Å². The van der Waals surface area contributed by atoms with Crippen LogP contribution in [0.15, 0.2) is 47.4 Å². The number of phenolic OH excluding ortho intramolecular Hbond substituents is 1. The molecule has 34 heavy (non-hydrogen) atoms. The van der Waals surface area contributed by atoms with Gasteiger partial charge in [0.05, 0.1) is 11.3 Å². The molecule has 0 aliphatic heterocycles. The normalized spacial score (nSPS) is 26.3. The van der Waals surface area contributed by atoms with E-state index in [1.165, 1.54) is 48.4 Å². The molecule has 2 aromatic heterocycles. The Labute approximate surface area is 198 Å². The van der Waals surface area contributed by atoms with Crippen LogP contribution in [0.25, 0.3) is 22.4 Å². The molecule has 2 heterocycles. The standard InChI is InChI=1S/C27H30FN3O3/c1-26-8-4-9-27(2,16-26)15-19(14-26)34-23-6-5-21(29-30-23)25-20(28)11-18(12-22(25)32)17-7-10-31(3)24(33)13-17/h5-7,10-13,19,32H,4,8-9,14-16H2,1-3H3/t19?,26-,27+. The van der Waals surface area contributed by atoms with Gasteiger partial charge in [0.25, 0.3) is 5.56 Å². The molecule has 2 aliphatic rings. The summed E-state index contributed by atoms with van der Waals surface area (Å²) in [6.45, 7) is 4.72. The van der Waals surface area contributed by atoms with Gasteiger partial charge in [-0.05, 0) is 78.3 Å². The van der Waals surface area contributed by atoms with Gasteiger partial charge >= 0.3 is 0 Å². The van der Waals surface area contributed by atoms with E-state index in [0.29, 0.717) is 27.8 Å². The van der Waals surface area contributed by atoms with Gasteiger partial charge in [0.15, 0.2) is 0 Å². The summed E-state index contributed by atoms with van der Waals surface area (Å²) in [4.78, 5) is 11.9. The lowest BCUT2D eigenvalue weighted by atomic mass is 9.55. The number of pyridine rings is 1. The summed E-state index contributed by atoms with van der Waals surface area (Å²) in [5.74, 6) is -0.489. The van der Waals surface area contributed by atoms with Gasteiger partial charge in [-0.3, -0.25) is 4.79 Å². The summed E-state index contributed by atoms with van der Waals surface area (Å²) in [5, 5.41) is 18.9. The van der Waals surface area contributed by atoms with Gasteiger partial charge in [-0.15, -0.1) is 10.2 Å². The largest absolute Gasteiger partial charge is 0.507 e. The van der Waals surface area contributed by atoms with Crippen molar-refractivity contribution in [1.29, 1.82) is 0 Å². The molecule has 2 bridgehead atoms. The van der Waals surface area contributed by atoms with Crippen LogP contribution >= 0.6 is 0 Å². The van der Waals surface area contributed by atoms with Gasteiger partial charge in [-0.2, -0.15) is 0 Å². The average Bonchev–Trinajstić information content (AvgIpc) is 2.75. The lowest BCUT2D eigenvalue weighted by Gasteiger charge is -2.51. The van der Waals surface area contributed by atoms with Crippen molar-refractivity contribution in [1.82, 2.24) is 14.8 Å². The molecule has 3 atom stereocenters. The highest BCUT2D eigenvalue weighted by molar-refractivity contribution is 5.74. The lowest BCUT2D eigenvalue weighted by molar-refractivity contribution is -0.0421. The van der Waals surface area contributed by atoms with Gasteiger partial charge in [-0.25, -0.2) is 4.39 Å². The number of aromatic hydroxyl groups is 1. The van der Waals surface area contributed by atoms with Crippen molar-refractivity contribution < 1.29 is 14.2 Å². The van der Waals surface area contributed by atoms with Crippen molar-refractivity contribution in [3.05, 3.63) is 58.8 Å². The first kappa shape index (κ1) is 22.6. The lowest BCUT2D eigenvalue weighted by Crippen LogP contribution is -2.45. The summed E-state index contributed by atoms with van der Waals surface area (Å²) < 4.78 is 22.6. The van der Waals surface area contributed by atoms with Crippen LogP contribution in [0.2, 0.25) is 0 Å². The van der Waals surface area contributed by atoms with Gasteiger partial charge in [0, 0.05) is 25.4 Å². The maximum atomic E-state index is 15.0. The molecule has 178 valence electrons. The maximum Gasteiger partial charge on any atom is 0.250 e. The Hall–Kier alpha value is -3.22. The first-order chi connectivity index (χ1) is 16.1. The predicted octanol–water partition coefficient (Wildman–Crippen LogP) is 5.48. The summed E-state index contributed by atoms with van der Waals surface area (Å²) in [6.07, 6.45) is 8.70. The monoisotopic (exact) mass is 463 g/mol. The van der Waals surface area contributed by atoms with E-state index in [2.05, 4.69) is 24.0 Å². The maximum absolute atomic E-state index is 15.0. The minimum atomic E-state index is -0.639. The second-order valence-electron chi connectivity index (χ2n) is 10.8. The van der Waals surface area contributed by atoms with Crippen molar-refractivity contribution in [2.24, 2.45) is 17.9 Å². The quantitative estimate of drug-likeness (QED) is 0.554. The van der Waals surface area contributed by atoms with Crippen LogP contribution < -0.4 is 10.3 Å². The zero-order chi connectivity index (χ0) is 24.1. The molecule has 2 saturated carbocycles. The number of benzene rings is 1. The van der Waals surface area contributed by atoms with E-state index in [4.69, 9.17) is 4.74 Å². The summed E-state index contributed by atoms with van der Waals surface area (Å²) >= 11 is 0. The molecule has 5 rings (SSSR count). The molecular formula is C27H30FN3O3. The van der Waals surface area contributed by atoms with Crippen molar-refractivity contribution in [3.8, 4) is 34.0 Å². The number of nitrogens with zero attached hydrogens (tertiary/aromatic N) is 3. The number of hydrogen-bond acceptors (Lipinski definition) is 5. The van der Waals surface area contributed by atoms with Gasteiger partial charge in [-0.1, -0.05) is 20.3 Å². The van der Waals surface area contributed by atoms with Crippen LogP contribution in [-0.4, -0.2) is 26.0 Å². The zero-order valence-electron chi connectivity index (χ0n) is 19.8. The van der Waals surface area contributed by atoms with E-state index in [1.54, 1.807) is 31.4 Å². The third-order valence-corrected chi connectivity index (χ3v) is 7.55. The van der Waals surface area contributed by atoms with Gasteiger partial charge < -0.3 is 14.4 Å². The Kier molecular flexibility index (Phi) is 5.46. The number of fused-ring (bicyclic) bond motifs is 2. The van der Waals surface area contributed by atoms with Crippen molar-refractivity contribution in [2.75, 3.05) is 0 Å². The molecule has 1 unspecified atom stereocenters. The molecule has 6 nitrogen and oxygen atoms in total. The topological polar surface area (TPSA) is 77.2 Å². The number of rotatable bonds is 4. The molecule has 1 N–H and O–H groups in total. The first-order valence-electron chi connectivity index (χ1n) is 11.8. The molecule has 0 radical (unpaired) electrons. The molecule has 0 spiro atoms. The minimum absolute atomic E-state index is 0.0288. The van der Waals surface area contributed by atoms with Crippen molar-refractivity contribution in [2.45, 2.75) is 58.5 Å². The highest BCUT2D eigenvalue weighted by Crippen LogP contribution is 2.55. The van der Waals surface area contributed by atoms with E-state index >= 15 is 4.39 Å². The van der Waals surface area contributed by atoms with Crippen molar-refractivity contribution >= 4 is 0 Å². The zero-order valence-corrected chi connectivity index (χ0v) is 19.8. The van der Waals surface area contributed by atoms with Gasteiger partial charge in [0.1, 0.15) is 17.7 Å². The average molecular weight is 464 g/mol. The summed E-state index contributed by atoms with van der Waals surface area (Å²) in [7, 11) is 1.64. The fourth-order valence-corrected chi connectivity index (χ4v) is 6.18. The highest BCUT2D eigenvalue weighted by atomic mass is 19.1. The van der Waals surface area contributed by atoms with Crippen LogP contribution in [0.1, 0.15) is 52.4 Å². The molecule has 7 heteroatoms. The number of aromatic nitrogens is 3. The third kappa shape index (κ3) is 4.31. The van der Waals surface area contributed by atoms with E-state index in [9.17, 15) is 9.90 Å². The molecule has 0 amide bonds. The van der Waals surface area contributed by atoms with Crippen LogP contribution in [0, 0.1) is 16.6 Å². The SMILES string of the molecule is Cn1ccc(-c2cc(O)c(-c3ccc(OC4C[C@]5(C)CCC[C@](C)(C4)C5)nn3)c(F)c2)cc1=O. The molecule has 2 fully saturated rings. The van der Waals surface area contributed by atoms with Crippen LogP contribution in [0.5, 0.6) is 11.6 Å². The van der Waals surface area contributed by atoms with Crippen molar-refractivity contribution in [3.63, 3.8) is 0 Å². The Bertz CT molecular complexity index is 1250. The van der Waals surface area contributed by atoms with Crippen LogP contribution in [-0.2, 0) is 7.05 Å². The molecule has 0 saturated heterocycles. The van der Waals surface area contributed by atoms with Gasteiger partial charge in [0.2, 0.25) is 5.88 Å². The van der Waals surface area contributed by atoms with E-state index in [0.717, 1.165) is 12.8 Å². The Balaban J connectivity index is 1.36. The first-order valence-corrected chi connectivity index (χ1v) is 11.8. The third-order valence-electron chi connectivity index (χ3n) is 7.55. The number of ether oxygens (including phenoxy) is 1. The smallest absolute Gasteiger partial charge is 0.250 e. The predicted molar refractivity (Wildman–Crippen MR) is 128 cm³/mol. The molecular weight excluding hydrogens is 433 g/mol. The second kappa shape index (κ2) is 8.22. The number of aryl methyl sites for hydroxylation is 1. The fourth-order valence-electron chi connectivity index (χ4n) is 6.18. The van der Waals surface area contributed by atoms with E-state index in [1.807, 2.05) is 0 Å². The van der Waals surface area contributed by atoms with E-state index < -0.39 is 5.82 Å².